The number of aromatic nitrogens is 14. The van der Waals surface area contributed by atoms with E-state index in [1.807, 2.05) is 85.8 Å². The van der Waals surface area contributed by atoms with E-state index in [4.69, 9.17) is 40.1 Å². The predicted octanol–water partition coefficient (Wildman–Crippen LogP) is 4.01. The van der Waals surface area contributed by atoms with Crippen LogP contribution in [0.2, 0.25) is 0 Å². The van der Waals surface area contributed by atoms with Crippen molar-refractivity contribution in [2.24, 2.45) is 51.5 Å². The van der Waals surface area contributed by atoms with Crippen LogP contribution in [0.1, 0.15) is 86.7 Å². The van der Waals surface area contributed by atoms with Gasteiger partial charge in [-0.2, -0.15) is 0 Å². The average Bonchev–Trinajstić information content (AvgIpc) is 4.15. The van der Waals surface area contributed by atoms with E-state index in [0.29, 0.717) is 31.1 Å². The van der Waals surface area contributed by atoms with Crippen molar-refractivity contribution in [3.05, 3.63) is 131 Å². The highest BCUT2D eigenvalue weighted by atomic mass is 15.1. The zero-order valence-electron chi connectivity index (χ0n) is 42.9. The Labute approximate surface area is 412 Å². The summed E-state index contributed by atoms with van der Waals surface area (Å²) < 4.78 is 14.0. The van der Waals surface area contributed by atoms with Crippen LogP contribution in [0.25, 0.3) is 0 Å². The van der Waals surface area contributed by atoms with E-state index >= 15 is 0 Å². The first kappa shape index (κ1) is 61.2. The number of hydrogen-bond donors (Lipinski definition) is 7. The molecule has 21 heteroatoms. The minimum Gasteiger partial charge on any atom is -0.337 e. The van der Waals surface area contributed by atoms with E-state index < -0.39 is 0 Å². The molecule has 0 aliphatic heterocycles. The summed E-state index contributed by atoms with van der Waals surface area (Å²) in [5.74, 6) is 0.525. The molecule has 7 rings (SSSR count). The smallest absolute Gasteiger partial charge is 0.0948 e. The maximum absolute atomic E-state index is 5.99. The van der Waals surface area contributed by atoms with Crippen LogP contribution in [0.5, 0.6) is 0 Å². The van der Waals surface area contributed by atoms with Gasteiger partial charge in [0, 0.05) is 163 Å². The van der Waals surface area contributed by atoms with Gasteiger partial charge in [0.2, 0.25) is 0 Å². The van der Waals surface area contributed by atoms with Crippen molar-refractivity contribution in [1.82, 2.24) is 66.9 Å². The Balaban J connectivity index is 0.000000404. The van der Waals surface area contributed by atoms with Gasteiger partial charge >= 0.3 is 0 Å². The second-order valence-corrected chi connectivity index (χ2v) is 18.1. The van der Waals surface area contributed by atoms with Gasteiger partial charge in [0.25, 0.3) is 0 Å². The topological polar surface area (TPSA) is 307 Å². The van der Waals surface area contributed by atoms with Crippen LogP contribution in [0.4, 0.5) is 0 Å². The van der Waals surface area contributed by atoms with Crippen molar-refractivity contribution in [2.75, 3.05) is 26.2 Å². The quantitative estimate of drug-likeness (QED) is 0.0598. The maximum Gasteiger partial charge on any atom is 0.0948 e. The average molecular weight is 960 g/mol. The molecule has 0 radical (unpaired) electrons. The molecule has 0 spiro atoms. The van der Waals surface area contributed by atoms with E-state index in [-0.39, 0.29) is 23.5 Å². The normalized spacial score (nSPS) is 12.8. The maximum atomic E-state index is 5.99. The Morgan fingerprint density at radius 1 is 0.435 bits per heavy atom. The fourth-order valence-electron chi connectivity index (χ4n) is 5.47. The lowest BCUT2D eigenvalue weighted by molar-refractivity contribution is 0.291. The highest BCUT2D eigenvalue weighted by Crippen LogP contribution is 2.18. The number of nitrogens with two attached hydrogens (primary N) is 7. The van der Waals surface area contributed by atoms with Crippen LogP contribution >= 0.6 is 0 Å². The lowest BCUT2D eigenvalue weighted by Gasteiger charge is -2.27. The van der Waals surface area contributed by atoms with Crippen LogP contribution in [0.15, 0.2) is 131 Å². The summed E-state index contributed by atoms with van der Waals surface area (Å²) in [7, 11) is 0. The molecule has 14 N–H and O–H groups in total. The number of rotatable bonds is 18. The third kappa shape index (κ3) is 30.3. The van der Waals surface area contributed by atoms with Crippen LogP contribution < -0.4 is 40.1 Å². The predicted molar refractivity (Wildman–Crippen MR) is 279 cm³/mol. The lowest BCUT2D eigenvalue weighted by atomic mass is 9.87. The van der Waals surface area contributed by atoms with Crippen molar-refractivity contribution in [3.8, 4) is 0 Å². The highest BCUT2D eigenvalue weighted by Gasteiger charge is 2.20. The highest BCUT2D eigenvalue weighted by molar-refractivity contribution is 4.83. The Morgan fingerprint density at radius 2 is 0.841 bits per heavy atom. The Morgan fingerprint density at radius 3 is 1.19 bits per heavy atom. The van der Waals surface area contributed by atoms with Crippen molar-refractivity contribution in [3.63, 3.8) is 0 Å². The number of nitrogens with zero attached hydrogens (tertiary/aromatic N) is 14. The molecular formula is C48H89N21. The van der Waals surface area contributed by atoms with Crippen molar-refractivity contribution < 1.29 is 0 Å². The summed E-state index contributed by atoms with van der Waals surface area (Å²) in [6, 6.07) is 1.45. The SMILES string of the molecule is CC(C)(C)C(N)Cn1ccnc1.CC(C)C(N)Cn1ccnc1.CC(CCN)n1ccnc1.CC(CN)n1ccnc1.CC(N)Cn1ccnc1.NCCCCn1ccnc1.NCCn1ccnc1. The van der Waals surface area contributed by atoms with Crippen LogP contribution in [0.3, 0.4) is 0 Å². The summed E-state index contributed by atoms with van der Waals surface area (Å²) in [6.07, 6.45) is 41.7. The third-order valence-electron chi connectivity index (χ3n) is 10.3. The Kier molecular flexibility index (Phi) is 32.9. The molecule has 7 aromatic rings. The lowest BCUT2D eigenvalue weighted by Crippen LogP contribution is -2.38. The molecule has 5 unspecified atom stereocenters. The molecule has 0 aliphatic rings. The Bertz CT molecular complexity index is 2020. The minimum absolute atomic E-state index is 0.157. The number of unbranched alkanes of at least 4 members (excludes halogenated alkanes) is 1. The molecule has 69 heavy (non-hydrogen) atoms. The molecule has 0 aromatic carbocycles. The molecule has 5 atom stereocenters. The van der Waals surface area contributed by atoms with Gasteiger partial charge < -0.3 is 72.1 Å². The van der Waals surface area contributed by atoms with Gasteiger partial charge in [0.05, 0.1) is 44.3 Å². The molecule has 7 heterocycles. The summed E-state index contributed by atoms with van der Waals surface area (Å²) in [5, 5.41) is 0. The number of aryl methyl sites for hydroxylation is 1. The van der Waals surface area contributed by atoms with E-state index in [1.54, 1.807) is 75.0 Å². The summed E-state index contributed by atoms with van der Waals surface area (Å²) in [6.45, 7) is 24.2. The molecule has 0 saturated heterocycles. The van der Waals surface area contributed by atoms with E-state index in [1.165, 1.54) is 0 Å². The second kappa shape index (κ2) is 37.1. The van der Waals surface area contributed by atoms with Gasteiger partial charge in [-0.05, 0) is 64.5 Å². The number of imidazole rings is 7. The zero-order valence-corrected chi connectivity index (χ0v) is 42.9. The standard InChI is InChI=1S/C9H17N3.C8H15N3.2C7H13N3.2C6H11N3.C5H9N3/c1-9(2,3)8(10)6-12-5-4-11-7-12;1-7(2)8(9)5-11-4-3-10-6-11;1-7(2-3-8)10-5-4-9-6-10;8-3-1-2-5-10-6-4-9-7-10;1-6(7)4-9-3-2-8-5-9;1-6(4-7)9-3-2-8-5-9;6-1-3-8-4-2-7-5-8/h4-5,7-8H,6,10H2,1-3H3;3-4,6-8H,5,9H2,1-2H3;4-7H,2-3,8H2,1H3;4,6-7H,1-3,5,8H2;2*2-3,5-6H,4,7H2,1H3;2,4-5H,1,3,6H2. The Hall–Kier alpha value is -5.81. The second-order valence-electron chi connectivity index (χ2n) is 18.1. The van der Waals surface area contributed by atoms with Gasteiger partial charge in [-0.1, -0.05) is 34.6 Å². The van der Waals surface area contributed by atoms with Gasteiger partial charge in [-0.15, -0.1) is 0 Å². The molecule has 0 amide bonds. The molecule has 0 bridgehead atoms. The fraction of sp³-hybridized carbons (Fsp3) is 0.562. The summed E-state index contributed by atoms with van der Waals surface area (Å²) in [4.78, 5) is 27.4. The molecule has 0 fully saturated rings. The third-order valence-corrected chi connectivity index (χ3v) is 10.3. The summed E-state index contributed by atoms with van der Waals surface area (Å²) >= 11 is 0. The van der Waals surface area contributed by atoms with Gasteiger partial charge in [-0.3, -0.25) is 0 Å². The fourth-order valence-corrected chi connectivity index (χ4v) is 5.47. The van der Waals surface area contributed by atoms with Crippen molar-refractivity contribution in [2.45, 2.75) is 138 Å². The van der Waals surface area contributed by atoms with E-state index in [2.05, 4.69) is 92.5 Å². The number of hydrogen-bond acceptors (Lipinski definition) is 14. The van der Waals surface area contributed by atoms with Crippen molar-refractivity contribution >= 4 is 0 Å². The molecule has 386 valence electrons. The molecule has 0 aliphatic carbocycles. The monoisotopic (exact) mass is 960 g/mol. The van der Waals surface area contributed by atoms with E-state index in [0.717, 1.165) is 65.1 Å². The van der Waals surface area contributed by atoms with Crippen molar-refractivity contribution in [1.29, 1.82) is 0 Å². The molecular weight excluding hydrogens is 871 g/mol. The van der Waals surface area contributed by atoms with E-state index in [9.17, 15) is 0 Å². The van der Waals surface area contributed by atoms with Crippen LogP contribution in [-0.4, -0.2) is 111 Å². The molecule has 21 nitrogen and oxygen atoms in total. The van der Waals surface area contributed by atoms with Gasteiger partial charge in [0.1, 0.15) is 0 Å². The van der Waals surface area contributed by atoms with Gasteiger partial charge in [0.15, 0.2) is 0 Å². The zero-order chi connectivity index (χ0) is 51.3. The first-order valence-corrected chi connectivity index (χ1v) is 23.8. The first-order chi connectivity index (χ1) is 33.0. The van der Waals surface area contributed by atoms with Crippen LogP contribution in [-0.2, 0) is 32.7 Å². The van der Waals surface area contributed by atoms with Crippen LogP contribution in [0, 0.1) is 11.3 Å². The molecule has 0 saturated carbocycles. The first-order valence-electron chi connectivity index (χ1n) is 23.8. The summed E-state index contributed by atoms with van der Waals surface area (Å²) in [5.41, 5.74) is 39.0. The minimum atomic E-state index is 0.157. The van der Waals surface area contributed by atoms with Gasteiger partial charge in [-0.25, -0.2) is 34.9 Å². The largest absolute Gasteiger partial charge is 0.337 e. The molecule has 7 aromatic heterocycles.